The highest BCUT2D eigenvalue weighted by molar-refractivity contribution is 7.92. The van der Waals surface area contributed by atoms with E-state index in [2.05, 4.69) is 5.32 Å². The van der Waals surface area contributed by atoms with E-state index in [1.54, 1.807) is 17.9 Å². The van der Waals surface area contributed by atoms with Gasteiger partial charge in [-0.05, 0) is 70.7 Å². The lowest BCUT2D eigenvalue weighted by molar-refractivity contribution is -0.140. The van der Waals surface area contributed by atoms with Gasteiger partial charge in [-0.1, -0.05) is 42.5 Å². The smallest absolute Gasteiger partial charge is 0.242 e. The molecule has 0 aliphatic rings. The number of anilines is 1. The summed E-state index contributed by atoms with van der Waals surface area (Å²) >= 11 is 0. The number of carbonyl (C=O) groups excluding carboxylic acids is 2. The number of nitrogens with zero attached hydrogens (tertiary/aromatic N) is 2. The fourth-order valence-corrected chi connectivity index (χ4v) is 4.79. The summed E-state index contributed by atoms with van der Waals surface area (Å²) in [6.45, 7) is 9.93. The summed E-state index contributed by atoms with van der Waals surface area (Å²) in [7, 11) is -3.50. The lowest BCUT2D eigenvalue weighted by Gasteiger charge is -2.32. The van der Waals surface area contributed by atoms with E-state index >= 15 is 0 Å². The highest BCUT2D eigenvalue weighted by Crippen LogP contribution is 2.20. The van der Waals surface area contributed by atoms with Crippen molar-refractivity contribution in [2.75, 3.05) is 23.7 Å². The molecule has 0 fully saturated rings. The average molecular weight is 502 g/mol. The molecule has 0 aliphatic heterocycles. The third kappa shape index (κ3) is 9.36. The summed E-state index contributed by atoms with van der Waals surface area (Å²) in [4.78, 5) is 27.7. The maximum atomic E-state index is 13.3. The Labute approximate surface area is 210 Å². The normalized spacial score (nSPS) is 12.6. The number of nitrogens with one attached hydrogen (secondary N) is 1. The van der Waals surface area contributed by atoms with E-state index < -0.39 is 21.6 Å². The number of carbonyl (C=O) groups is 2. The molecule has 0 saturated heterocycles. The predicted octanol–water partition coefficient (Wildman–Crippen LogP) is 3.92. The van der Waals surface area contributed by atoms with Crippen LogP contribution in [-0.2, 0) is 26.0 Å². The first-order valence-corrected chi connectivity index (χ1v) is 13.8. The molecule has 0 saturated carbocycles. The first kappa shape index (κ1) is 28.4. The summed E-state index contributed by atoms with van der Waals surface area (Å²) in [5.74, 6) is -0.383. The maximum Gasteiger partial charge on any atom is 0.242 e. The minimum atomic E-state index is -3.50. The van der Waals surface area contributed by atoms with Crippen molar-refractivity contribution in [3.8, 4) is 0 Å². The molecule has 2 aromatic rings. The fourth-order valence-electron chi connectivity index (χ4n) is 3.83. The molecule has 2 rings (SSSR count). The number of benzene rings is 2. The molecule has 192 valence electrons. The molecular weight excluding hydrogens is 462 g/mol. The lowest BCUT2D eigenvalue weighted by Crippen LogP contribution is -2.53. The number of rotatable bonds is 11. The highest BCUT2D eigenvalue weighted by Gasteiger charge is 2.28. The minimum absolute atomic E-state index is 0.139. The predicted molar refractivity (Wildman–Crippen MR) is 142 cm³/mol. The molecule has 1 N–H and O–H groups in total. The topological polar surface area (TPSA) is 86.8 Å². The van der Waals surface area contributed by atoms with Crippen LogP contribution in [0.15, 0.2) is 54.6 Å². The Morgan fingerprint density at radius 2 is 1.66 bits per heavy atom. The van der Waals surface area contributed by atoms with Gasteiger partial charge in [0.15, 0.2) is 0 Å². The van der Waals surface area contributed by atoms with Crippen LogP contribution in [0.25, 0.3) is 0 Å². The quantitative estimate of drug-likeness (QED) is 0.506. The number of aryl methyl sites for hydroxylation is 1. The second-order valence-electron chi connectivity index (χ2n) is 10.0. The summed E-state index contributed by atoms with van der Waals surface area (Å²) < 4.78 is 26.2. The Hall–Kier alpha value is -2.87. The zero-order valence-corrected chi connectivity index (χ0v) is 22.6. The van der Waals surface area contributed by atoms with Gasteiger partial charge >= 0.3 is 0 Å². The third-order valence-corrected chi connectivity index (χ3v) is 6.79. The number of hydrogen-bond donors (Lipinski definition) is 1. The Kier molecular flexibility index (Phi) is 9.89. The molecule has 0 bridgehead atoms. The number of sulfonamides is 1. The summed E-state index contributed by atoms with van der Waals surface area (Å²) in [5, 5.41) is 2.95. The summed E-state index contributed by atoms with van der Waals surface area (Å²) in [6, 6.07) is 16.5. The average Bonchev–Trinajstić information content (AvgIpc) is 2.75. The van der Waals surface area contributed by atoms with Gasteiger partial charge < -0.3 is 10.2 Å². The van der Waals surface area contributed by atoms with Gasteiger partial charge in [-0.2, -0.15) is 0 Å². The molecule has 8 heteroatoms. The van der Waals surface area contributed by atoms with Crippen LogP contribution in [0.5, 0.6) is 0 Å². The molecule has 2 amide bonds. The van der Waals surface area contributed by atoms with Crippen LogP contribution >= 0.6 is 0 Å². The Morgan fingerprint density at radius 1 is 1.00 bits per heavy atom. The van der Waals surface area contributed by atoms with E-state index in [0.717, 1.165) is 11.1 Å². The number of hydrogen-bond acceptors (Lipinski definition) is 4. The van der Waals surface area contributed by atoms with E-state index in [0.29, 0.717) is 25.1 Å². The van der Waals surface area contributed by atoms with Crippen molar-refractivity contribution < 1.29 is 18.0 Å². The first-order chi connectivity index (χ1) is 16.3. The maximum absolute atomic E-state index is 13.3. The van der Waals surface area contributed by atoms with Crippen molar-refractivity contribution in [2.45, 2.75) is 65.5 Å². The van der Waals surface area contributed by atoms with Gasteiger partial charge in [-0.15, -0.1) is 0 Å². The Bertz CT molecular complexity index is 1090. The molecule has 0 heterocycles. The van der Waals surface area contributed by atoms with Gasteiger partial charge in [0.1, 0.15) is 6.04 Å². The molecular formula is C27H39N3O4S. The Balaban J connectivity index is 2.13. The first-order valence-electron chi connectivity index (χ1n) is 12.0. The van der Waals surface area contributed by atoms with Gasteiger partial charge in [0.05, 0.1) is 11.9 Å². The van der Waals surface area contributed by atoms with Gasteiger partial charge in [0.25, 0.3) is 0 Å². The molecule has 1 atom stereocenters. The van der Waals surface area contributed by atoms with Crippen LogP contribution < -0.4 is 9.62 Å². The van der Waals surface area contributed by atoms with Crippen molar-refractivity contribution in [3.05, 3.63) is 65.7 Å². The molecule has 7 nitrogen and oxygen atoms in total. The van der Waals surface area contributed by atoms with Crippen molar-refractivity contribution in [1.82, 2.24) is 10.2 Å². The SMILES string of the molecule is Cc1cccc(N(CCCC(=O)N(CCc2ccccc2)[C@H](C)C(=O)NC(C)(C)C)S(C)(=O)=O)c1. The zero-order chi connectivity index (χ0) is 26.2. The van der Waals surface area contributed by atoms with Crippen molar-refractivity contribution >= 4 is 27.5 Å². The molecule has 0 radical (unpaired) electrons. The van der Waals surface area contributed by atoms with Gasteiger partial charge in [0, 0.05) is 25.0 Å². The second kappa shape index (κ2) is 12.2. The van der Waals surface area contributed by atoms with Crippen LogP contribution in [0, 0.1) is 6.92 Å². The van der Waals surface area contributed by atoms with Crippen molar-refractivity contribution in [2.24, 2.45) is 0 Å². The van der Waals surface area contributed by atoms with Crippen LogP contribution in [0.1, 0.15) is 51.7 Å². The molecule has 0 aromatic heterocycles. The van der Waals surface area contributed by atoms with E-state index in [4.69, 9.17) is 0 Å². The Morgan fingerprint density at radius 3 is 2.23 bits per heavy atom. The van der Waals surface area contributed by atoms with E-state index in [1.807, 2.05) is 76.2 Å². The minimum Gasteiger partial charge on any atom is -0.350 e. The fraction of sp³-hybridized carbons (Fsp3) is 0.481. The molecule has 2 aromatic carbocycles. The van der Waals surface area contributed by atoms with Crippen molar-refractivity contribution in [1.29, 1.82) is 0 Å². The largest absolute Gasteiger partial charge is 0.350 e. The third-order valence-electron chi connectivity index (χ3n) is 5.59. The lowest BCUT2D eigenvalue weighted by atomic mass is 10.1. The number of amides is 2. The van der Waals surface area contributed by atoms with Gasteiger partial charge in [-0.25, -0.2) is 8.42 Å². The van der Waals surface area contributed by atoms with Crippen LogP contribution in [0.4, 0.5) is 5.69 Å². The standard InChI is InChI=1S/C27H39N3O4S/c1-21-12-10-15-24(20-21)30(35(6,33)34)18-11-16-25(31)29(19-17-23-13-8-7-9-14-23)22(2)26(32)28-27(3,4)5/h7-10,12-15,20,22H,11,16-19H2,1-6H3,(H,28,32)/t22-/m1/s1. The monoisotopic (exact) mass is 501 g/mol. The van der Waals surface area contributed by atoms with E-state index in [-0.39, 0.29) is 24.8 Å². The zero-order valence-electron chi connectivity index (χ0n) is 21.7. The molecule has 0 aliphatic carbocycles. The summed E-state index contributed by atoms with van der Waals surface area (Å²) in [5.41, 5.74) is 2.21. The van der Waals surface area contributed by atoms with Gasteiger partial charge in [0.2, 0.25) is 21.8 Å². The summed E-state index contributed by atoms with van der Waals surface area (Å²) in [6.07, 6.45) is 2.27. The molecule has 0 spiro atoms. The van der Waals surface area contributed by atoms with Gasteiger partial charge in [-0.3, -0.25) is 13.9 Å². The van der Waals surface area contributed by atoms with Crippen molar-refractivity contribution in [3.63, 3.8) is 0 Å². The van der Waals surface area contributed by atoms with Crippen LogP contribution in [-0.4, -0.2) is 56.1 Å². The molecule has 35 heavy (non-hydrogen) atoms. The van der Waals surface area contributed by atoms with Crippen LogP contribution in [0.3, 0.4) is 0 Å². The van der Waals surface area contributed by atoms with E-state index in [9.17, 15) is 18.0 Å². The van der Waals surface area contributed by atoms with E-state index in [1.165, 1.54) is 10.6 Å². The highest BCUT2D eigenvalue weighted by atomic mass is 32.2. The van der Waals surface area contributed by atoms with Crippen LogP contribution in [0.2, 0.25) is 0 Å². The second-order valence-corrected chi connectivity index (χ2v) is 11.9. The molecule has 0 unspecified atom stereocenters.